The number of nitrogens with one attached hydrogen (secondary N) is 2. The van der Waals surface area contributed by atoms with Gasteiger partial charge in [-0.15, -0.1) is 0 Å². The SMILES string of the molecule is COc1cc(F)c(OC2CCC(C(=O)O)CC2)cc1C(=O)N[C@H]1[C@@H](C(=O)Nc2ccc(F)c(S(F)(F)(F)(F)F)c2)[C@@H]2C=C[C@H]1C2. The van der Waals surface area contributed by atoms with Crippen LogP contribution in [-0.4, -0.2) is 42.1 Å². The molecule has 246 valence electrons. The highest BCUT2D eigenvalue weighted by atomic mass is 32.5. The van der Waals surface area contributed by atoms with Crippen molar-refractivity contribution in [2.45, 2.75) is 49.1 Å². The number of amides is 2. The molecule has 0 heterocycles. The van der Waals surface area contributed by atoms with E-state index in [1.165, 1.54) is 7.11 Å². The maximum absolute atomic E-state index is 14.9. The molecule has 3 N–H and O–H groups in total. The molecule has 0 radical (unpaired) electrons. The van der Waals surface area contributed by atoms with Crippen LogP contribution in [0.3, 0.4) is 0 Å². The lowest BCUT2D eigenvalue weighted by Crippen LogP contribution is -2.47. The van der Waals surface area contributed by atoms with E-state index in [0.717, 1.165) is 18.2 Å². The maximum atomic E-state index is 14.9. The minimum atomic E-state index is -10.4. The number of carboxylic acids is 1. The Kier molecular flexibility index (Phi) is 7.82. The van der Waals surface area contributed by atoms with Gasteiger partial charge in [0.15, 0.2) is 11.6 Å². The zero-order chi connectivity index (χ0) is 33.0. The van der Waals surface area contributed by atoms with E-state index >= 15 is 0 Å². The number of aliphatic carboxylic acids is 1. The first-order chi connectivity index (χ1) is 20.8. The summed E-state index contributed by atoms with van der Waals surface area (Å²) in [6.07, 6.45) is 4.76. The molecule has 2 bridgehead atoms. The fourth-order valence-corrected chi connectivity index (χ4v) is 7.07. The lowest BCUT2D eigenvalue weighted by molar-refractivity contribution is -0.143. The van der Waals surface area contributed by atoms with Crippen molar-refractivity contribution in [2.24, 2.45) is 23.7 Å². The Bertz CT molecular complexity index is 1580. The molecule has 0 aromatic heterocycles. The highest BCUT2D eigenvalue weighted by Gasteiger charge is 2.67. The van der Waals surface area contributed by atoms with Crippen molar-refractivity contribution in [3.8, 4) is 11.5 Å². The number of hydrogen-bond acceptors (Lipinski definition) is 5. The molecule has 2 fully saturated rings. The summed E-state index contributed by atoms with van der Waals surface area (Å²) < 4.78 is 106. The van der Waals surface area contributed by atoms with Crippen LogP contribution in [0.2, 0.25) is 0 Å². The van der Waals surface area contributed by atoms with Gasteiger partial charge in [0, 0.05) is 17.8 Å². The highest BCUT2D eigenvalue weighted by molar-refractivity contribution is 8.45. The third-order valence-corrected chi connectivity index (χ3v) is 9.63. The van der Waals surface area contributed by atoms with Crippen LogP contribution in [0.1, 0.15) is 42.5 Å². The Morgan fingerprint density at radius 3 is 2.18 bits per heavy atom. The van der Waals surface area contributed by atoms with Crippen LogP contribution in [0, 0.1) is 35.3 Å². The minimum absolute atomic E-state index is 0.141. The monoisotopic (exact) mass is 666 g/mol. The normalized spacial score (nSPS) is 27.3. The number of hydrogen-bond donors (Lipinski definition) is 3. The molecule has 0 unspecified atom stereocenters. The number of allylic oxidation sites excluding steroid dienone is 1. The summed E-state index contributed by atoms with van der Waals surface area (Å²) in [7, 11) is -9.20. The van der Waals surface area contributed by atoms with Crippen LogP contribution in [-0.2, 0) is 9.59 Å². The van der Waals surface area contributed by atoms with Crippen molar-refractivity contribution in [3.63, 3.8) is 0 Å². The van der Waals surface area contributed by atoms with Crippen molar-refractivity contribution in [2.75, 3.05) is 12.4 Å². The second-order valence-electron chi connectivity index (χ2n) is 11.5. The molecule has 0 aliphatic heterocycles. The molecule has 3 aliphatic rings. The maximum Gasteiger partial charge on any atom is 0.313 e. The van der Waals surface area contributed by atoms with Gasteiger partial charge in [-0.2, -0.15) is 0 Å². The van der Waals surface area contributed by atoms with Gasteiger partial charge in [0.25, 0.3) is 5.91 Å². The summed E-state index contributed by atoms with van der Waals surface area (Å²) in [4.78, 5) is 35.2. The topological polar surface area (TPSA) is 114 Å². The van der Waals surface area contributed by atoms with Crippen LogP contribution in [0.5, 0.6) is 11.5 Å². The van der Waals surface area contributed by atoms with E-state index in [-0.39, 0.29) is 35.1 Å². The number of carbonyl (C=O) groups is 3. The molecular formula is C29H29F7N2O6S. The summed E-state index contributed by atoms with van der Waals surface area (Å²) in [5.41, 5.74) is -0.848. The van der Waals surface area contributed by atoms with Crippen molar-refractivity contribution in [3.05, 3.63) is 59.7 Å². The number of ether oxygens (including phenoxy) is 2. The Morgan fingerprint density at radius 1 is 0.889 bits per heavy atom. The van der Waals surface area contributed by atoms with Gasteiger partial charge in [0.1, 0.15) is 16.5 Å². The highest BCUT2D eigenvalue weighted by Crippen LogP contribution is 3.02. The second-order valence-corrected chi connectivity index (χ2v) is 13.9. The van der Waals surface area contributed by atoms with Crippen LogP contribution in [0.25, 0.3) is 0 Å². The number of anilines is 1. The number of carboxylic acid groups (broad SMARTS) is 1. The van der Waals surface area contributed by atoms with Gasteiger partial charge in [-0.25, -0.2) is 8.78 Å². The first kappa shape index (κ1) is 32.4. The molecule has 16 heteroatoms. The van der Waals surface area contributed by atoms with Gasteiger partial charge < -0.3 is 25.2 Å². The average Bonchev–Trinajstić information content (AvgIpc) is 3.56. The zero-order valence-corrected chi connectivity index (χ0v) is 24.4. The van der Waals surface area contributed by atoms with Crippen LogP contribution >= 0.6 is 10.2 Å². The van der Waals surface area contributed by atoms with Gasteiger partial charge >= 0.3 is 16.2 Å². The Hall–Kier alpha value is -3.95. The molecule has 2 aromatic rings. The van der Waals surface area contributed by atoms with Crippen molar-refractivity contribution >= 4 is 33.7 Å². The average molecular weight is 667 g/mol. The molecule has 0 saturated heterocycles. The van der Waals surface area contributed by atoms with Gasteiger partial charge in [-0.3, -0.25) is 14.4 Å². The third-order valence-electron chi connectivity index (χ3n) is 8.49. The van der Waals surface area contributed by atoms with Crippen molar-refractivity contribution in [1.82, 2.24) is 5.32 Å². The predicted molar refractivity (Wildman–Crippen MR) is 149 cm³/mol. The number of carbonyl (C=O) groups excluding carboxylic acids is 2. The molecule has 2 aromatic carbocycles. The molecule has 8 nitrogen and oxygen atoms in total. The lowest BCUT2D eigenvalue weighted by atomic mass is 9.87. The Labute approximate surface area is 252 Å². The number of rotatable bonds is 9. The standard InChI is InChI=1S/C29H29F7N2O6S/c1-43-22-13-21(31)23(44-18-7-4-14(5-8-18)29(41)42)12-19(22)27(39)38-26-16-3-2-15(10-16)25(26)28(40)37-17-6-9-20(30)24(11-17)45(32,33,34,35)36/h2-3,6,9,11-16,18,25-26H,4-5,7-8,10H2,1H3,(H,37,40)(H,38,39)(H,41,42)/t14?,15-,16+,18?,25+,26-/m1/s1. The third kappa shape index (κ3) is 6.84. The van der Waals surface area contributed by atoms with E-state index in [0.29, 0.717) is 32.1 Å². The van der Waals surface area contributed by atoms with E-state index < -0.39 is 80.1 Å². The fourth-order valence-electron chi connectivity index (χ4n) is 6.29. The van der Waals surface area contributed by atoms with E-state index in [9.17, 15) is 47.7 Å². The van der Waals surface area contributed by atoms with Gasteiger partial charge in [0.05, 0.1) is 30.6 Å². The van der Waals surface area contributed by atoms with E-state index in [1.807, 2.05) is 0 Å². The molecule has 2 saturated carbocycles. The van der Waals surface area contributed by atoms with Gasteiger partial charge in [0.2, 0.25) is 5.91 Å². The summed E-state index contributed by atoms with van der Waals surface area (Å²) in [5.74, 6) is -8.39. The summed E-state index contributed by atoms with van der Waals surface area (Å²) in [6.45, 7) is 0. The smallest absolute Gasteiger partial charge is 0.313 e. The first-order valence-electron chi connectivity index (χ1n) is 14.0. The lowest BCUT2D eigenvalue weighted by Gasteiger charge is -2.40. The molecule has 5 rings (SSSR count). The Balaban J connectivity index is 1.34. The molecule has 3 aliphatic carbocycles. The molecular weight excluding hydrogens is 637 g/mol. The Morgan fingerprint density at radius 2 is 1.56 bits per heavy atom. The largest absolute Gasteiger partial charge is 0.496 e. The number of fused-ring (bicyclic) bond motifs is 2. The van der Waals surface area contributed by atoms with E-state index in [4.69, 9.17) is 9.47 Å². The molecule has 4 atom stereocenters. The van der Waals surface area contributed by atoms with E-state index in [2.05, 4.69) is 10.6 Å². The summed E-state index contributed by atoms with van der Waals surface area (Å²) in [5, 5.41) is 14.1. The number of halogens is 7. The van der Waals surface area contributed by atoms with Crippen molar-refractivity contribution < 1.29 is 57.2 Å². The summed E-state index contributed by atoms with van der Waals surface area (Å²) >= 11 is 0. The van der Waals surface area contributed by atoms with Gasteiger partial charge in [-0.1, -0.05) is 31.6 Å². The minimum Gasteiger partial charge on any atom is -0.496 e. The second kappa shape index (κ2) is 10.8. The quantitative estimate of drug-likeness (QED) is 0.193. The molecule has 2 amide bonds. The molecule has 0 spiro atoms. The predicted octanol–water partition coefficient (Wildman–Crippen LogP) is 7.21. The zero-order valence-electron chi connectivity index (χ0n) is 23.6. The van der Waals surface area contributed by atoms with Crippen LogP contribution < -0.4 is 20.1 Å². The van der Waals surface area contributed by atoms with Gasteiger partial charge in [-0.05, 0) is 68.2 Å². The fraction of sp³-hybridized carbons (Fsp3) is 0.414. The number of benzene rings is 2. The van der Waals surface area contributed by atoms with E-state index in [1.54, 1.807) is 12.2 Å². The van der Waals surface area contributed by atoms with Crippen molar-refractivity contribution in [1.29, 1.82) is 0 Å². The van der Waals surface area contributed by atoms with Crippen LogP contribution in [0.4, 0.5) is 33.9 Å². The summed E-state index contributed by atoms with van der Waals surface area (Å²) in [6, 6.07) is 1.92. The molecule has 45 heavy (non-hydrogen) atoms. The first-order valence-corrected chi connectivity index (χ1v) is 15.9. The number of methoxy groups -OCH3 is 1. The van der Waals surface area contributed by atoms with Crippen LogP contribution in [0.15, 0.2) is 47.4 Å².